The maximum atomic E-state index is 11.9. The molecular weight excluding hydrogens is 348 g/mol. The third-order valence-corrected chi connectivity index (χ3v) is 3.74. The van der Waals surface area contributed by atoms with Crippen LogP contribution in [-0.2, 0) is 0 Å². The smallest absolute Gasteiger partial charge is 0.271 e. The summed E-state index contributed by atoms with van der Waals surface area (Å²) in [5, 5.41) is 3.96. The van der Waals surface area contributed by atoms with E-state index < -0.39 is 0 Å². The molecule has 0 aliphatic heterocycles. The third-order valence-electron chi connectivity index (χ3n) is 2.92. The zero-order valence-corrected chi connectivity index (χ0v) is 13.8. The molecule has 0 atom stereocenters. The molecule has 2 rings (SSSR count). The van der Waals surface area contributed by atoms with Gasteiger partial charge in [0.25, 0.3) is 5.91 Å². The number of nitrogens with one attached hydrogen (secondary N) is 1. The molecule has 0 aliphatic carbocycles. The summed E-state index contributed by atoms with van der Waals surface area (Å²) in [6, 6.07) is 12.5. The van der Waals surface area contributed by atoms with Gasteiger partial charge in [-0.2, -0.15) is 5.10 Å². The van der Waals surface area contributed by atoms with Gasteiger partial charge in [0.15, 0.2) is 11.5 Å². The van der Waals surface area contributed by atoms with Crippen LogP contribution in [0.1, 0.15) is 15.9 Å². The summed E-state index contributed by atoms with van der Waals surface area (Å²) in [4.78, 5) is 11.9. The van der Waals surface area contributed by atoms with E-state index in [0.29, 0.717) is 21.5 Å². The summed E-state index contributed by atoms with van der Waals surface area (Å²) in [5.41, 5.74) is 3.78. The summed E-state index contributed by atoms with van der Waals surface area (Å²) in [5.74, 6) is 0.911. The van der Waals surface area contributed by atoms with Crippen molar-refractivity contribution >= 4 is 28.1 Å². The molecule has 0 unspecified atom stereocenters. The molecule has 0 aromatic heterocycles. The van der Waals surface area contributed by atoms with Gasteiger partial charge in [-0.1, -0.05) is 18.2 Å². The third kappa shape index (κ3) is 3.65. The van der Waals surface area contributed by atoms with Crippen molar-refractivity contribution < 1.29 is 14.3 Å². The van der Waals surface area contributed by atoms with E-state index in [-0.39, 0.29) is 5.91 Å². The van der Waals surface area contributed by atoms with Gasteiger partial charge in [0.05, 0.1) is 24.9 Å². The van der Waals surface area contributed by atoms with Crippen molar-refractivity contribution in [1.82, 2.24) is 5.43 Å². The molecule has 0 spiro atoms. The lowest BCUT2D eigenvalue weighted by Crippen LogP contribution is -2.17. The second kappa shape index (κ2) is 7.61. The zero-order chi connectivity index (χ0) is 15.9. The van der Waals surface area contributed by atoms with E-state index in [2.05, 4.69) is 26.5 Å². The molecular formula is C16H15BrN2O3. The van der Waals surface area contributed by atoms with Gasteiger partial charge in [0.2, 0.25) is 0 Å². The van der Waals surface area contributed by atoms with Crippen molar-refractivity contribution in [2.75, 3.05) is 14.2 Å². The Kier molecular flexibility index (Phi) is 5.55. The van der Waals surface area contributed by atoms with Gasteiger partial charge in [-0.15, -0.1) is 0 Å². The highest BCUT2D eigenvalue weighted by Gasteiger charge is 2.11. The first-order valence-electron chi connectivity index (χ1n) is 6.46. The minimum Gasteiger partial charge on any atom is -0.493 e. The van der Waals surface area contributed by atoms with Gasteiger partial charge >= 0.3 is 0 Å². The Morgan fingerprint density at radius 1 is 1.14 bits per heavy atom. The molecule has 0 heterocycles. The van der Waals surface area contributed by atoms with Gasteiger partial charge in [-0.05, 0) is 40.2 Å². The second-order valence-electron chi connectivity index (χ2n) is 4.27. The van der Waals surface area contributed by atoms with Crippen molar-refractivity contribution in [1.29, 1.82) is 0 Å². The fraction of sp³-hybridized carbons (Fsp3) is 0.125. The van der Waals surface area contributed by atoms with E-state index >= 15 is 0 Å². The van der Waals surface area contributed by atoms with E-state index in [9.17, 15) is 4.79 Å². The highest BCUT2D eigenvalue weighted by molar-refractivity contribution is 9.10. The van der Waals surface area contributed by atoms with E-state index in [1.165, 1.54) is 6.21 Å². The monoisotopic (exact) mass is 362 g/mol. The summed E-state index contributed by atoms with van der Waals surface area (Å²) in [6.45, 7) is 0. The maximum absolute atomic E-state index is 11.9. The molecule has 0 radical (unpaired) electrons. The van der Waals surface area contributed by atoms with Gasteiger partial charge < -0.3 is 9.47 Å². The zero-order valence-electron chi connectivity index (χ0n) is 12.2. The largest absolute Gasteiger partial charge is 0.493 e. The Hall–Kier alpha value is -2.34. The molecule has 1 amide bonds. The van der Waals surface area contributed by atoms with E-state index in [1.807, 2.05) is 12.1 Å². The molecule has 0 bridgehead atoms. The molecule has 5 nitrogen and oxygen atoms in total. The average Bonchev–Trinajstić information content (AvgIpc) is 2.56. The van der Waals surface area contributed by atoms with Crippen molar-refractivity contribution in [3.63, 3.8) is 0 Å². The quantitative estimate of drug-likeness (QED) is 0.656. The molecule has 0 saturated heterocycles. The van der Waals surface area contributed by atoms with E-state index in [0.717, 1.165) is 5.56 Å². The van der Waals surface area contributed by atoms with Crippen LogP contribution in [-0.4, -0.2) is 26.3 Å². The number of amides is 1. The number of methoxy groups -OCH3 is 2. The summed E-state index contributed by atoms with van der Waals surface area (Å²) in [6.07, 6.45) is 1.53. The number of benzene rings is 2. The van der Waals surface area contributed by atoms with Crippen molar-refractivity contribution in [2.24, 2.45) is 5.10 Å². The Morgan fingerprint density at radius 3 is 2.50 bits per heavy atom. The van der Waals surface area contributed by atoms with Crippen LogP contribution in [0.15, 0.2) is 52.0 Å². The molecule has 2 aromatic rings. The molecule has 0 aliphatic rings. The molecule has 2 aromatic carbocycles. The number of hydrogen-bond donors (Lipinski definition) is 1. The Labute approximate surface area is 137 Å². The number of rotatable bonds is 5. The maximum Gasteiger partial charge on any atom is 0.271 e. The first kappa shape index (κ1) is 16.0. The van der Waals surface area contributed by atoms with Crippen LogP contribution >= 0.6 is 15.9 Å². The van der Waals surface area contributed by atoms with E-state index in [1.54, 1.807) is 44.6 Å². The lowest BCUT2D eigenvalue weighted by atomic mass is 10.2. The van der Waals surface area contributed by atoms with Gasteiger partial charge in [0.1, 0.15) is 0 Å². The molecule has 0 fully saturated rings. The van der Waals surface area contributed by atoms with Crippen LogP contribution in [0.4, 0.5) is 0 Å². The predicted octanol–water partition coefficient (Wildman–Crippen LogP) is 3.23. The van der Waals surface area contributed by atoms with Crippen LogP contribution in [0, 0.1) is 0 Å². The number of nitrogens with zero attached hydrogens (tertiary/aromatic N) is 1. The van der Waals surface area contributed by atoms with Crippen LogP contribution in [0.2, 0.25) is 0 Å². The average molecular weight is 363 g/mol. The first-order chi connectivity index (χ1) is 10.7. The molecule has 22 heavy (non-hydrogen) atoms. The molecule has 114 valence electrons. The number of carbonyl (C=O) groups is 1. The number of hydrazone groups is 1. The minimum absolute atomic E-state index is 0.270. The lowest BCUT2D eigenvalue weighted by Gasteiger charge is -2.10. The second-order valence-corrected chi connectivity index (χ2v) is 5.06. The van der Waals surface area contributed by atoms with Crippen molar-refractivity contribution in [2.45, 2.75) is 0 Å². The van der Waals surface area contributed by atoms with Crippen LogP contribution in [0.3, 0.4) is 0 Å². The van der Waals surface area contributed by atoms with Crippen LogP contribution < -0.4 is 14.9 Å². The fourth-order valence-electron chi connectivity index (χ4n) is 1.82. The standard InChI is InChI=1S/C16H15BrN2O3/c1-21-13-9-8-12(14(17)15(13)22-2)10-18-19-16(20)11-6-4-3-5-7-11/h3-10H,1-2H3,(H,19,20)/b18-10+. The summed E-state index contributed by atoms with van der Waals surface area (Å²) in [7, 11) is 3.12. The number of halogens is 1. The summed E-state index contributed by atoms with van der Waals surface area (Å²) < 4.78 is 11.2. The highest BCUT2D eigenvalue weighted by atomic mass is 79.9. The predicted molar refractivity (Wildman–Crippen MR) is 88.7 cm³/mol. The lowest BCUT2D eigenvalue weighted by molar-refractivity contribution is 0.0955. The van der Waals surface area contributed by atoms with Crippen molar-refractivity contribution in [3.05, 3.63) is 58.1 Å². The van der Waals surface area contributed by atoms with Gasteiger partial charge in [0, 0.05) is 11.1 Å². The highest BCUT2D eigenvalue weighted by Crippen LogP contribution is 2.36. The molecule has 0 saturated carbocycles. The molecule has 1 N–H and O–H groups in total. The normalized spacial score (nSPS) is 10.5. The topological polar surface area (TPSA) is 59.9 Å². The SMILES string of the molecule is COc1ccc(/C=N/NC(=O)c2ccccc2)c(Br)c1OC. The minimum atomic E-state index is -0.270. The fourth-order valence-corrected chi connectivity index (χ4v) is 2.41. The van der Waals surface area contributed by atoms with Crippen LogP contribution in [0.25, 0.3) is 0 Å². The van der Waals surface area contributed by atoms with Crippen molar-refractivity contribution in [3.8, 4) is 11.5 Å². The van der Waals surface area contributed by atoms with Crippen LogP contribution in [0.5, 0.6) is 11.5 Å². The number of hydrogen-bond acceptors (Lipinski definition) is 4. The number of ether oxygens (including phenoxy) is 2. The Bertz CT molecular complexity index is 687. The van der Waals surface area contributed by atoms with Gasteiger partial charge in [-0.3, -0.25) is 4.79 Å². The Balaban J connectivity index is 2.12. The number of carbonyl (C=O) groups excluding carboxylic acids is 1. The van der Waals surface area contributed by atoms with Gasteiger partial charge in [-0.25, -0.2) is 5.43 Å². The summed E-state index contributed by atoms with van der Waals surface area (Å²) >= 11 is 3.44. The Morgan fingerprint density at radius 2 is 1.86 bits per heavy atom. The molecule has 6 heteroatoms. The van der Waals surface area contributed by atoms with E-state index in [4.69, 9.17) is 9.47 Å². The first-order valence-corrected chi connectivity index (χ1v) is 7.25.